The number of aryl methyl sites for hydroxylation is 1. The molecular weight excluding hydrogens is 232 g/mol. The summed E-state index contributed by atoms with van der Waals surface area (Å²) in [6, 6.07) is 11.3. The van der Waals surface area contributed by atoms with E-state index in [0.717, 1.165) is 26.6 Å². The van der Waals surface area contributed by atoms with Crippen molar-refractivity contribution in [3.63, 3.8) is 0 Å². The minimum absolute atomic E-state index is 0.309. The smallest absolute Gasteiger partial charge is 0.336 e. The summed E-state index contributed by atoms with van der Waals surface area (Å²) in [7, 11) is 0. The van der Waals surface area contributed by atoms with Crippen LogP contribution in [0, 0.1) is 6.92 Å². The maximum Gasteiger partial charge on any atom is 0.336 e. The Bertz CT molecular complexity index is 787. The van der Waals surface area contributed by atoms with Gasteiger partial charge in [-0.1, -0.05) is 12.1 Å². The molecule has 0 radical (unpaired) electrons. The molecule has 1 heterocycles. The molecule has 0 spiro atoms. The van der Waals surface area contributed by atoms with Gasteiger partial charge in [0.05, 0.1) is 0 Å². The molecule has 3 aromatic rings. The molecule has 0 unspecified atom stereocenters. The number of hydrogen-bond donors (Lipinski definition) is 1. The van der Waals surface area contributed by atoms with Crippen LogP contribution in [0.4, 0.5) is 0 Å². The van der Waals surface area contributed by atoms with Crippen molar-refractivity contribution in [3.8, 4) is 0 Å². The van der Waals surface area contributed by atoms with Gasteiger partial charge < -0.3 is 4.42 Å². The number of hydrogen-bond acceptors (Lipinski definition) is 3. The zero-order valence-electron chi connectivity index (χ0n) is 9.23. The van der Waals surface area contributed by atoms with Crippen molar-refractivity contribution < 1.29 is 4.42 Å². The van der Waals surface area contributed by atoms with E-state index in [1.54, 1.807) is 0 Å². The Labute approximate surface area is 103 Å². The van der Waals surface area contributed by atoms with Crippen LogP contribution < -0.4 is 5.63 Å². The molecule has 0 bridgehead atoms. The van der Waals surface area contributed by atoms with Crippen LogP contribution >= 0.6 is 12.6 Å². The molecule has 84 valence electrons. The second-order valence-corrected chi connectivity index (χ2v) is 4.61. The summed E-state index contributed by atoms with van der Waals surface area (Å²) >= 11 is 4.35. The fraction of sp³-hybridized carbons (Fsp3) is 0.0714. The molecule has 2 nitrogen and oxygen atoms in total. The molecule has 0 fully saturated rings. The van der Waals surface area contributed by atoms with Gasteiger partial charge in [-0.05, 0) is 41.5 Å². The Morgan fingerprint density at radius 3 is 2.71 bits per heavy atom. The molecule has 0 amide bonds. The summed E-state index contributed by atoms with van der Waals surface area (Å²) in [6.07, 6.45) is 0. The Morgan fingerprint density at radius 1 is 1.12 bits per heavy atom. The molecule has 0 aliphatic heterocycles. The van der Waals surface area contributed by atoms with Crippen LogP contribution in [0.25, 0.3) is 21.7 Å². The van der Waals surface area contributed by atoms with Gasteiger partial charge in [-0.2, -0.15) is 0 Å². The summed E-state index contributed by atoms with van der Waals surface area (Å²) in [4.78, 5) is 12.2. The first-order valence-corrected chi connectivity index (χ1v) is 5.76. The lowest BCUT2D eigenvalue weighted by Gasteiger charge is -2.05. The van der Waals surface area contributed by atoms with Gasteiger partial charge in [0.25, 0.3) is 0 Å². The Balaban J connectivity index is 2.63. The molecule has 0 saturated carbocycles. The van der Waals surface area contributed by atoms with E-state index in [-0.39, 0.29) is 5.63 Å². The van der Waals surface area contributed by atoms with Gasteiger partial charge in [0, 0.05) is 16.3 Å². The third-order valence-corrected chi connectivity index (χ3v) is 3.18. The Morgan fingerprint density at radius 2 is 1.88 bits per heavy atom. The summed E-state index contributed by atoms with van der Waals surface area (Å²) in [5, 5.41) is 3.17. The first-order valence-electron chi connectivity index (χ1n) is 5.31. The van der Waals surface area contributed by atoms with E-state index in [0.29, 0.717) is 5.58 Å². The summed E-state index contributed by atoms with van der Waals surface area (Å²) in [5.74, 6) is 0. The van der Waals surface area contributed by atoms with Crippen molar-refractivity contribution in [1.29, 1.82) is 0 Å². The first-order chi connectivity index (χ1) is 8.15. The van der Waals surface area contributed by atoms with E-state index in [2.05, 4.69) is 12.6 Å². The van der Waals surface area contributed by atoms with Gasteiger partial charge in [-0.25, -0.2) is 4.79 Å². The van der Waals surface area contributed by atoms with Crippen LogP contribution in [-0.2, 0) is 0 Å². The topological polar surface area (TPSA) is 30.2 Å². The van der Waals surface area contributed by atoms with Crippen LogP contribution in [0.2, 0.25) is 0 Å². The average molecular weight is 242 g/mol. The van der Waals surface area contributed by atoms with Crippen LogP contribution in [0.1, 0.15) is 5.56 Å². The fourth-order valence-electron chi connectivity index (χ4n) is 2.17. The number of rotatable bonds is 0. The molecule has 17 heavy (non-hydrogen) atoms. The zero-order valence-corrected chi connectivity index (χ0v) is 10.1. The van der Waals surface area contributed by atoms with Crippen molar-refractivity contribution in [2.24, 2.45) is 0 Å². The molecule has 0 atom stereocenters. The predicted molar refractivity (Wildman–Crippen MR) is 72.0 cm³/mol. The molecule has 3 heteroatoms. The third kappa shape index (κ3) is 1.63. The van der Waals surface area contributed by atoms with Gasteiger partial charge in [-0.15, -0.1) is 12.6 Å². The van der Waals surface area contributed by atoms with Crippen molar-refractivity contribution >= 4 is 34.4 Å². The molecule has 0 saturated heterocycles. The van der Waals surface area contributed by atoms with Crippen LogP contribution in [0.5, 0.6) is 0 Å². The summed E-state index contributed by atoms with van der Waals surface area (Å²) in [6.45, 7) is 1.92. The fourth-order valence-corrected chi connectivity index (χ4v) is 2.37. The highest BCUT2D eigenvalue weighted by molar-refractivity contribution is 7.80. The van der Waals surface area contributed by atoms with Gasteiger partial charge in [0.2, 0.25) is 0 Å². The standard InChI is InChI=1S/C14H10O2S/c1-8-6-13(15)16-12-5-3-9-2-4-10(17)7-11(9)14(8)12/h2-7,17H,1H3. The van der Waals surface area contributed by atoms with Gasteiger partial charge >= 0.3 is 5.63 Å². The second-order valence-electron chi connectivity index (χ2n) is 4.09. The Hall–Kier alpha value is -1.74. The molecule has 0 aliphatic rings. The molecule has 3 rings (SSSR count). The van der Waals surface area contributed by atoms with Crippen molar-refractivity contribution in [2.45, 2.75) is 11.8 Å². The molecular formula is C14H10O2S. The monoisotopic (exact) mass is 242 g/mol. The number of benzene rings is 2. The van der Waals surface area contributed by atoms with E-state index in [1.807, 2.05) is 37.3 Å². The van der Waals surface area contributed by atoms with E-state index >= 15 is 0 Å². The largest absolute Gasteiger partial charge is 0.423 e. The van der Waals surface area contributed by atoms with Crippen LogP contribution in [0.3, 0.4) is 0 Å². The minimum Gasteiger partial charge on any atom is -0.423 e. The molecule has 0 aliphatic carbocycles. The summed E-state index contributed by atoms with van der Waals surface area (Å²) < 4.78 is 5.21. The SMILES string of the molecule is Cc1cc(=O)oc2ccc3ccc(S)cc3c12. The average Bonchev–Trinajstić information content (AvgIpc) is 2.27. The van der Waals surface area contributed by atoms with E-state index in [9.17, 15) is 4.79 Å². The third-order valence-electron chi connectivity index (χ3n) is 2.91. The van der Waals surface area contributed by atoms with E-state index in [1.165, 1.54) is 6.07 Å². The number of fused-ring (bicyclic) bond motifs is 3. The normalized spacial score (nSPS) is 11.2. The van der Waals surface area contributed by atoms with Crippen LogP contribution in [-0.4, -0.2) is 0 Å². The lowest BCUT2D eigenvalue weighted by Crippen LogP contribution is -1.97. The highest BCUT2D eigenvalue weighted by Gasteiger charge is 2.06. The predicted octanol–water partition coefficient (Wildman–Crippen LogP) is 3.54. The van der Waals surface area contributed by atoms with Crippen molar-refractivity contribution in [1.82, 2.24) is 0 Å². The quantitative estimate of drug-likeness (QED) is 0.371. The van der Waals surface area contributed by atoms with Crippen molar-refractivity contribution in [3.05, 3.63) is 52.4 Å². The van der Waals surface area contributed by atoms with Crippen LogP contribution in [0.15, 0.2) is 50.5 Å². The highest BCUT2D eigenvalue weighted by atomic mass is 32.1. The van der Waals surface area contributed by atoms with E-state index in [4.69, 9.17) is 4.42 Å². The zero-order chi connectivity index (χ0) is 12.0. The van der Waals surface area contributed by atoms with Crippen molar-refractivity contribution in [2.75, 3.05) is 0 Å². The molecule has 2 aromatic carbocycles. The highest BCUT2D eigenvalue weighted by Crippen LogP contribution is 2.28. The molecule has 0 N–H and O–H groups in total. The maximum atomic E-state index is 11.3. The molecule has 1 aromatic heterocycles. The van der Waals surface area contributed by atoms with Gasteiger partial charge in [0.15, 0.2) is 0 Å². The summed E-state index contributed by atoms with van der Waals surface area (Å²) in [5.41, 5.74) is 1.25. The first kappa shape index (κ1) is 10.4. The van der Waals surface area contributed by atoms with Gasteiger partial charge in [-0.3, -0.25) is 0 Å². The Kier molecular flexibility index (Phi) is 2.23. The second kappa shape index (κ2) is 3.64. The minimum atomic E-state index is -0.309. The van der Waals surface area contributed by atoms with E-state index < -0.39 is 0 Å². The number of thiol groups is 1. The lowest BCUT2D eigenvalue weighted by molar-refractivity contribution is 0.560. The van der Waals surface area contributed by atoms with Gasteiger partial charge in [0.1, 0.15) is 5.58 Å². The lowest BCUT2D eigenvalue weighted by atomic mass is 10.0. The maximum absolute atomic E-state index is 11.3.